The van der Waals surface area contributed by atoms with Crippen LogP contribution in [-0.4, -0.2) is 35.0 Å². The van der Waals surface area contributed by atoms with E-state index in [9.17, 15) is 0 Å². The van der Waals surface area contributed by atoms with Crippen LogP contribution in [0.15, 0.2) is 6.33 Å². The van der Waals surface area contributed by atoms with Crippen LogP contribution in [0.4, 0.5) is 5.13 Å². The maximum Gasteiger partial charge on any atom is 0.202 e. The predicted octanol–water partition coefficient (Wildman–Crippen LogP) is 1.59. The van der Waals surface area contributed by atoms with Gasteiger partial charge in [0.1, 0.15) is 6.33 Å². The van der Waals surface area contributed by atoms with Gasteiger partial charge in [-0.25, -0.2) is 4.98 Å². The van der Waals surface area contributed by atoms with Crippen LogP contribution in [0, 0.1) is 0 Å². The second-order valence-electron chi connectivity index (χ2n) is 2.51. The molecule has 0 saturated heterocycles. The summed E-state index contributed by atoms with van der Waals surface area (Å²) < 4.78 is 8.77. The molecule has 1 unspecified atom stereocenters. The highest BCUT2D eigenvalue weighted by atomic mass is 35.5. The van der Waals surface area contributed by atoms with E-state index < -0.39 is 0 Å². The molecule has 0 aliphatic rings. The average molecular weight is 222 g/mol. The summed E-state index contributed by atoms with van der Waals surface area (Å²) in [6, 6.07) is 0. The maximum atomic E-state index is 5.92. The van der Waals surface area contributed by atoms with Gasteiger partial charge in [0.25, 0.3) is 0 Å². The van der Waals surface area contributed by atoms with Gasteiger partial charge in [0.05, 0.1) is 12.0 Å². The van der Waals surface area contributed by atoms with Gasteiger partial charge in [0.15, 0.2) is 0 Å². The van der Waals surface area contributed by atoms with E-state index in [1.54, 1.807) is 7.11 Å². The molecule has 1 atom stereocenters. The largest absolute Gasteiger partial charge is 0.383 e. The van der Waals surface area contributed by atoms with Gasteiger partial charge in [0.2, 0.25) is 5.13 Å². The molecular formula is C7H12ClN3OS. The van der Waals surface area contributed by atoms with Gasteiger partial charge in [-0.1, -0.05) is 0 Å². The van der Waals surface area contributed by atoms with Crippen molar-refractivity contribution in [2.24, 2.45) is 0 Å². The lowest BCUT2D eigenvalue weighted by Gasteiger charge is -2.07. The monoisotopic (exact) mass is 221 g/mol. The Labute approximate surface area is 86.4 Å². The van der Waals surface area contributed by atoms with Crippen LogP contribution in [-0.2, 0) is 4.74 Å². The van der Waals surface area contributed by atoms with Crippen molar-refractivity contribution in [3.63, 3.8) is 0 Å². The number of nitrogens with zero attached hydrogens (tertiary/aromatic N) is 2. The van der Waals surface area contributed by atoms with Crippen LogP contribution in [0.3, 0.4) is 0 Å². The molecule has 1 heterocycles. The van der Waals surface area contributed by atoms with Crippen molar-refractivity contribution in [1.29, 1.82) is 0 Å². The first-order chi connectivity index (χ1) is 6.33. The van der Waals surface area contributed by atoms with Gasteiger partial charge in [-0.2, -0.15) is 4.37 Å². The van der Waals surface area contributed by atoms with Gasteiger partial charge in [-0.3, -0.25) is 0 Å². The minimum Gasteiger partial charge on any atom is -0.383 e. The maximum absolute atomic E-state index is 5.92. The number of rotatable bonds is 6. The molecule has 1 aromatic heterocycles. The van der Waals surface area contributed by atoms with Crippen LogP contribution >= 0.6 is 23.1 Å². The Morgan fingerprint density at radius 2 is 2.62 bits per heavy atom. The van der Waals surface area contributed by atoms with E-state index in [0.717, 1.165) is 18.1 Å². The van der Waals surface area contributed by atoms with Crippen molar-refractivity contribution in [3.05, 3.63) is 6.33 Å². The summed E-state index contributed by atoms with van der Waals surface area (Å²) in [7, 11) is 1.65. The van der Waals surface area contributed by atoms with Gasteiger partial charge in [0, 0.05) is 25.2 Å². The molecule has 1 rings (SSSR count). The third kappa shape index (κ3) is 4.40. The molecule has 0 bridgehead atoms. The Hall–Kier alpha value is -0.390. The molecular weight excluding hydrogens is 210 g/mol. The van der Waals surface area contributed by atoms with Crippen molar-refractivity contribution in [3.8, 4) is 0 Å². The second-order valence-corrected chi connectivity index (χ2v) is 3.91. The Bertz CT molecular complexity index is 220. The van der Waals surface area contributed by atoms with E-state index in [0.29, 0.717) is 6.61 Å². The molecule has 74 valence electrons. The fourth-order valence-electron chi connectivity index (χ4n) is 0.851. The summed E-state index contributed by atoms with van der Waals surface area (Å²) in [4.78, 5) is 3.98. The standard InChI is InChI=1S/C7H12ClN3OS/c1-12-4-6(8)2-3-9-7-10-5-11-13-7/h5-6H,2-4H2,1H3,(H,9,10,11). The Kier molecular flexibility index (Phi) is 5.03. The molecule has 0 aromatic carbocycles. The first kappa shape index (κ1) is 10.7. The molecule has 1 N–H and O–H groups in total. The van der Waals surface area contributed by atoms with Crippen molar-refractivity contribution in [2.45, 2.75) is 11.8 Å². The van der Waals surface area contributed by atoms with Crippen LogP contribution < -0.4 is 5.32 Å². The smallest absolute Gasteiger partial charge is 0.202 e. The van der Waals surface area contributed by atoms with Gasteiger partial charge >= 0.3 is 0 Å². The Morgan fingerprint density at radius 1 is 1.77 bits per heavy atom. The van der Waals surface area contributed by atoms with Crippen LogP contribution in [0.1, 0.15) is 6.42 Å². The minimum absolute atomic E-state index is 0.0606. The molecule has 1 aromatic rings. The number of anilines is 1. The van der Waals surface area contributed by atoms with E-state index in [4.69, 9.17) is 16.3 Å². The lowest BCUT2D eigenvalue weighted by atomic mass is 10.3. The topological polar surface area (TPSA) is 47.0 Å². The molecule has 13 heavy (non-hydrogen) atoms. The molecule has 0 aliphatic heterocycles. The Morgan fingerprint density at radius 3 is 3.23 bits per heavy atom. The van der Waals surface area contributed by atoms with Gasteiger partial charge in [-0.05, 0) is 6.42 Å². The predicted molar refractivity (Wildman–Crippen MR) is 54.5 cm³/mol. The molecule has 0 fully saturated rings. The lowest BCUT2D eigenvalue weighted by molar-refractivity contribution is 0.196. The quantitative estimate of drug-likeness (QED) is 0.742. The number of methoxy groups -OCH3 is 1. The second kappa shape index (κ2) is 6.12. The molecule has 0 radical (unpaired) electrons. The zero-order valence-corrected chi connectivity index (χ0v) is 8.94. The highest BCUT2D eigenvalue weighted by Gasteiger charge is 2.03. The van der Waals surface area contributed by atoms with Crippen LogP contribution in [0.25, 0.3) is 0 Å². The molecule has 6 heteroatoms. The zero-order valence-electron chi connectivity index (χ0n) is 7.36. The van der Waals surface area contributed by atoms with Crippen molar-refractivity contribution in [2.75, 3.05) is 25.6 Å². The number of halogens is 1. The third-order valence-electron chi connectivity index (χ3n) is 1.44. The molecule has 0 amide bonds. The zero-order chi connectivity index (χ0) is 9.52. The highest BCUT2D eigenvalue weighted by Crippen LogP contribution is 2.08. The van der Waals surface area contributed by atoms with E-state index in [1.807, 2.05) is 0 Å². The molecule has 0 saturated carbocycles. The average Bonchev–Trinajstić information content (AvgIpc) is 2.57. The van der Waals surface area contributed by atoms with Crippen molar-refractivity contribution in [1.82, 2.24) is 9.36 Å². The fraction of sp³-hybridized carbons (Fsp3) is 0.714. The number of aromatic nitrogens is 2. The summed E-state index contributed by atoms with van der Waals surface area (Å²) >= 11 is 7.26. The normalized spacial score (nSPS) is 12.8. The van der Waals surface area contributed by atoms with Crippen LogP contribution in [0.5, 0.6) is 0 Å². The summed E-state index contributed by atoms with van der Waals surface area (Å²) in [5.74, 6) is 0. The van der Waals surface area contributed by atoms with E-state index >= 15 is 0 Å². The first-order valence-electron chi connectivity index (χ1n) is 3.96. The van der Waals surface area contributed by atoms with E-state index in [2.05, 4.69) is 14.7 Å². The number of hydrogen-bond donors (Lipinski definition) is 1. The lowest BCUT2D eigenvalue weighted by Crippen LogP contribution is -2.13. The number of ether oxygens (including phenoxy) is 1. The number of nitrogens with one attached hydrogen (secondary N) is 1. The van der Waals surface area contributed by atoms with Crippen molar-refractivity contribution >= 4 is 28.3 Å². The SMILES string of the molecule is COCC(Cl)CCNc1ncns1. The summed E-state index contributed by atoms with van der Waals surface area (Å²) in [6.07, 6.45) is 2.38. The first-order valence-corrected chi connectivity index (χ1v) is 5.17. The Balaban J connectivity index is 2.07. The van der Waals surface area contributed by atoms with E-state index in [-0.39, 0.29) is 5.38 Å². The minimum atomic E-state index is 0.0606. The molecule has 4 nitrogen and oxygen atoms in total. The summed E-state index contributed by atoms with van der Waals surface area (Å²) in [5, 5.41) is 4.01. The van der Waals surface area contributed by atoms with E-state index in [1.165, 1.54) is 17.9 Å². The number of hydrogen-bond acceptors (Lipinski definition) is 5. The summed E-state index contributed by atoms with van der Waals surface area (Å²) in [5.41, 5.74) is 0. The van der Waals surface area contributed by atoms with Gasteiger partial charge < -0.3 is 10.1 Å². The number of alkyl halides is 1. The van der Waals surface area contributed by atoms with Crippen LogP contribution in [0.2, 0.25) is 0 Å². The third-order valence-corrected chi connectivity index (χ3v) is 2.41. The molecule has 0 aliphatic carbocycles. The fourth-order valence-corrected chi connectivity index (χ4v) is 1.54. The molecule has 0 spiro atoms. The summed E-state index contributed by atoms with van der Waals surface area (Å²) in [6.45, 7) is 1.38. The van der Waals surface area contributed by atoms with Crippen molar-refractivity contribution < 1.29 is 4.74 Å². The highest BCUT2D eigenvalue weighted by molar-refractivity contribution is 7.09. The van der Waals surface area contributed by atoms with Gasteiger partial charge in [-0.15, -0.1) is 11.6 Å².